The molecular formula is C16H19FN4. The second-order valence-electron chi connectivity index (χ2n) is 5.19. The molecule has 0 aliphatic heterocycles. The second-order valence-corrected chi connectivity index (χ2v) is 5.19. The SMILES string of the molecule is CCN(c1cc(NC)nc(C2CC2)n1)c1ccccc1F. The number of hydrogen-bond acceptors (Lipinski definition) is 4. The van der Waals surface area contributed by atoms with E-state index in [0.717, 1.165) is 30.3 Å². The molecule has 1 aliphatic rings. The van der Waals surface area contributed by atoms with Crippen molar-refractivity contribution in [1.82, 2.24) is 9.97 Å². The average molecular weight is 286 g/mol. The summed E-state index contributed by atoms with van der Waals surface area (Å²) in [4.78, 5) is 11.0. The van der Waals surface area contributed by atoms with E-state index >= 15 is 0 Å². The molecule has 3 rings (SSSR count). The van der Waals surface area contributed by atoms with E-state index in [1.165, 1.54) is 6.07 Å². The topological polar surface area (TPSA) is 41.0 Å². The number of nitrogens with one attached hydrogen (secondary N) is 1. The van der Waals surface area contributed by atoms with Crippen LogP contribution in [0.3, 0.4) is 0 Å². The zero-order chi connectivity index (χ0) is 14.8. The molecule has 1 heterocycles. The minimum atomic E-state index is -0.239. The first kappa shape index (κ1) is 13.8. The van der Waals surface area contributed by atoms with Crippen molar-refractivity contribution in [2.45, 2.75) is 25.7 Å². The number of halogens is 1. The van der Waals surface area contributed by atoms with Crippen molar-refractivity contribution >= 4 is 17.3 Å². The van der Waals surface area contributed by atoms with E-state index in [1.54, 1.807) is 12.1 Å². The molecule has 1 aromatic heterocycles. The van der Waals surface area contributed by atoms with E-state index < -0.39 is 0 Å². The summed E-state index contributed by atoms with van der Waals surface area (Å²) in [6.07, 6.45) is 2.27. The van der Waals surface area contributed by atoms with Crippen LogP contribution < -0.4 is 10.2 Å². The van der Waals surface area contributed by atoms with Crippen molar-refractivity contribution in [3.8, 4) is 0 Å². The maximum Gasteiger partial charge on any atom is 0.146 e. The number of para-hydroxylation sites is 1. The van der Waals surface area contributed by atoms with Crippen LogP contribution in [0.5, 0.6) is 0 Å². The van der Waals surface area contributed by atoms with E-state index in [-0.39, 0.29) is 5.82 Å². The van der Waals surface area contributed by atoms with Crippen LogP contribution in [0.25, 0.3) is 0 Å². The normalized spacial score (nSPS) is 14.0. The van der Waals surface area contributed by atoms with Gasteiger partial charge < -0.3 is 10.2 Å². The third kappa shape index (κ3) is 2.82. The number of nitrogens with zero attached hydrogens (tertiary/aromatic N) is 3. The molecule has 1 saturated carbocycles. The highest BCUT2D eigenvalue weighted by Crippen LogP contribution is 2.39. The molecule has 0 saturated heterocycles. The van der Waals surface area contributed by atoms with E-state index in [4.69, 9.17) is 0 Å². The Morgan fingerprint density at radius 2 is 2.05 bits per heavy atom. The van der Waals surface area contributed by atoms with Crippen molar-refractivity contribution in [3.63, 3.8) is 0 Å². The van der Waals surface area contributed by atoms with Crippen molar-refractivity contribution in [2.75, 3.05) is 23.8 Å². The maximum absolute atomic E-state index is 14.1. The molecule has 0 unspecified atom stereocenters. The molecule has 0 amide bonds. The van der Waals surface area contributed by atoms with Gasteiger partial charge in [0.05, 0.1) is 5.69 Å². The van der Waals surface area contributed by atoms with E-state index in [1.807, 2.05) is 31.0 Å². The van der Waals surface area contributed by atoms with E-state index in [0.29, 0.717) is 18.2 Å². The molecule has 0 bridgehead atoms. The van der Waals surface area contributed by atoms with Gasteiger partial charge in [0.2, 0.25) is 0 Å². The number of benzene rings is 1. The highest BCUT2D eigenvalue weighted by Gasteiger charge is 2.28. The number of hydrogen-bond donors (Lipinski definition) is 1. The first-order valence-electron chi connectivity index (χ1n) is 7.31. The van der Waals surface area contributed by atoms with Gasteiger partial charge in [0.15, 0.2) is 0 Å². The van der Waals surface area contributed by atoms with Crippen LogP contribution in [0.4, 0.5) is 21.7 Å². The molecular weight excluding hydrogens is 267 g/mol. The van der Waals surface area contributed by atoms with E-state index in [2.05, 4.69) is 15.3 Å². The van der Waals surface area contributed by atoms with Crippen LogP contribution in [-0.2, 0) is 0 Å². The van der Waals surface area contributed by atoms with Gasteiger partial charge in [0, 0.05) is 25.6 Å². The van der Waals surface area contributed by atoms with Gasteiger partial charge in [-0.15, -0.1) is 0 Å². The fourth-order valence-electron chi connectivity index (χ4n) is 2.37. The van der Waals surface area contributed by atoms with Gasteiger partial charge in [-0.1, -0.05) is 12.1 Å². The summed E-state index contributed by atoms with van der Waals surface area (Å²) in [6.45, 7) is 2.63. The van der Waals surface area contributed by atoms with Gasteiger partial charge in [-0.3, -0.25) is 0 Å². The van der Waals surface area contributed by atoms with Crippen molar-refractivity contribution < 1.29 is 4.39 Å². The Hall–Kier alpha value is -2.17. The maximum atomic E-state index is 14.1. The molecule has 1 aromatic carbocycles. The summed E-state index contributed by atoms with van der Waals surface area (Å²) in [7, 11) is 1.84. The molecule has 2 aromatic rings. The average Bonchev–Trinajstić information content (AvgIpc) is 3.34. The molecule has 4 nitrogen and oxygen atoms in total. The summed E-state index contributed by atoms with van der Waals surface area (Å²) in [5.74, 6) is 2.58. The Labute approximate surface area is 124 Å². The lowest BCUT2D eigenvalue weighted by Gasteiger charge is -2.23. The van der Waals surface area contributed by atoms with Gasteiger partial charge >= 0.3 is 0 Å². The van der Waals surface area contributed by atoms with Crippen LogP contribution in [0.1, 0.15) is 31.5 Å². The molecule has 1 fully saturated rings. The first-order valence-corrected chi connectivity index (χ1v) is 7.31. The van der Waals surface area contributed by atoms with Crippen molar-refractivity contribution in [3.05, 3.63) is 42.0 Å². The highest BCUT2D eigenvalue weighted by molar-refractivity contribution is 5.63. The third-order valence-electron chi connectivity index (χ3n) is 3.66. The smallest absolute Gasteiger partial charge is 0.146 e. The van der Waals surface area contributed by atoms with Gasteiger partial charge in [0.1, 0.15) is 23.3 Å². The summed E-state index contributed by atoms with van der Waals surface area (Å²) in [6, 6.07) is 8.64. The molecule has 1 N–H and O–H groups in total. The van der Waals surface area contributed by atoms with Crippen LogP contribution in [-0.4, -0.2) is 23.6 Å². The van der Waals surface area contributed by atoms with Gasteiger partial charge in [-0.25, -0.2) is 14.4 Å². The summed E-state index contributed by atoms with van der Waals surface area (Å²) in [5.41, 5.74) is 0.544. The zero-order valence-electron chi connectivity index (χ0n) is 12.3. The van der Waals surface area contributed by atoms with Crippen molar-refractivity contribution in [1.29, 1.82) is 0 Å². The summed E-state index contributed by atoms with van der Waals surface area (Å²) >= 11 is 0. The fourth-order valence-corrected chi connectivity index (χ4v) is 2.37. The lowest BCUT2D eigenvalue weighted by atomic mass is 10.2. The van der Waals surface area contributed by atoms with Gasteiger partial charge in [-0.05, 0) is 31.9 Å². The Kier molecular flexibility index (Phi) is 3.73. The first-order chi connectivity index (χ1) is 10.2. The third-order valence-corrected chi connectivity index (χ3v) is 3.66. The highest BCUT2D eigenvalue weighted by atomic mass is 19.1. The van der Waals surface area contributed by atoms with Crippen molar-refractivity contribution in [2.24, 2.45) is 0 Å². The largest absolute Gasteiger partial charge is 0.373 e. The lowest BCUT2D eigenvalue weighted by Crippen LogP contribution is -2.20. The number of rotatable bonds is 5. The molecule has 0 spiro atoms. The quantitative estimate of drug-likeness (QED) is 0.910. The second kappa shape index (κ2) is 5.68. The number of aromatic nitrogens is 2. The van der Waals surface area contributed by atoms with Gasteiger partial charge in [0.25, 0.3) is 0 Å². The molecule has 0 radical (unpaired) electrons. The molecule has 0 atom stereocenters. The minimum Gasteiger partial charge on any atom is -0.373 e. The Morgan fingerprint density at radius 1 is 1.29 bits per heavy atom. The Bertz CT molecular complexity index is 640. The van der Waals surface area contributed by atoms with E-state index in [9.17, 15) is 4.39 Å². The molecule has 1 aliphatic carbocycles. The van der Waals surface area contributed by atoms with Crippen LogP contribution >= 0.6 is 0 Å². The fraction of sp³-hybridized carbons (Fsp3) is 0.375. The predicted octanol–water partition coefficient (Wildman–Crippen LogP) is 3.69. The van der Waals surface area contributed by atoms with Crippen LogP contribution in [0, 0.1) is 5.82 Å². The Morgan fingerprint density at radius 3 is 2.67 bits per heavy atom. The Balaban J connectivity index is 2.04. The molecule has 21 heavy (non-hydrogen) atoms. The number of anilines is 3. The molecule has 110 valence electrons. The van der Waals surface area contributed by atoms with Crippen LogP contribution in [0.2, 0.25) is 0 Å². The molecule has 5 heteroatoms. The summed E-state index contributed by atoms with van der Waals surface area (Å²) in [5, 5.41) is 3.06. The predicted molar refractivity (Wildman–Crippen MR) is 82.6 cm³/mol. The lowest BCUT2D eigenvalue weighted by molar-refractivity contribution is 0.625. The summed E-state index contributed by atoms with van der Waals surface area (Å²) < 4.78 is 14.1. The standard InChI is InChI=1S/C16H19FN4/c1-3-21(13-7-5-4-6-12(13)17)15-10-14(18-2)19-16(20-15)11-8-9-11/h4-7,10-11H,3,8-9H2,1-2H3,(H,18,19,20). The zero-order valence-corrected chi connectivity index (χ0v) is 12.3. The minimum absolute atomic E-state index is 0.239. The monoisotopic (exact) mass is 286 g/mol. The van der Waals surface area contributed by atoms with Crippen LogP contribution in [0.15, 0.2) is 30.3 Å². The van der Waals surface area contributed by atoms with Gasteiger partial charge in [-0.2, -0.15) is 0 Å².